The van der Waals surface area contributed by atoms with Crippen LogP contribution in [0, 0.1) is 6.92 Å². The zero-order valence-electron chi connectivity index (χ0n) is 11.2. The number of aryl methyl sites for hydroxylation is 1. The Morgan fingerprint density at radius 2 is 2.22 bits per heavy atom. The average molecular weight is 266 g/mol. The monoisotopic (exact) mass is 266 g/mol. The molecule has 0 aromatic carbocycles. The molecule has 100 valence electrons. The Morgan fingerprint density at radius 3 is 2.83 bits per heavy atom. The number of thiophene rings is 1. The summed E-state index contributed by atoms with van der Waals surface area (Å²) in [4.78, 5) is 13.3. The van der Waals surface area contributed by atoms with Crippen LogP contribution in [0.4, 0.5) is 0 Å². The lowest BCUT2D eigenvalue weighted by atomic mass is 10.2. The van der Waals surface area contributed by atoms with Crippen molar-refractivity contribution in [3.8, 4) is 0 Å². The fraction of sp³-hybridized carbons (Fsp3) is 0.643. The van der Waals surface area contributed by atoms with Crippen LogP contribution in [0.1, 0.15) is 43.0 Å². The van der Waals surface area contributed by atoms with E-state index in [9.17, 15) is 4.79 Å². The van der Waals surface area contributed by atoms with Gasteiger partial charge in [0.1, 0.15) is 0 Å². The van der Waals surface area contributed by atoms with E-state index in [4.69, 9.17) is 0 Å². The summed E-state index contributed by atoms with van der Waals surface area (Å²) in [7, 11) is 0. The van der Waals surface area contributed by atoms with Crippen LogP contribution in [0.2, 0.25) is 0 Å². The summed E-state index contributed by atoms with van der Waals surface area (Å²) in [5, 5.41) is 8.52. The van der Waals surface area contributed by atoms with Gasteiger partial charge in [0.05, 0.1) is 6.04 Å². The van der Waals surface area contributed by atoms with Crippen LogP contribution >= 0.6 is 11.3 Å². The summed E-state index contributed by atoms with van der Waals surface area (Å²) in [5.41, 5.74) is 1.30. The maximum atomic E-state index is 12.0. The second-order valence-corrected chi connectivity index (χ2v) is 6.12. The van der Waals surface area contributed by atoms with Crippen LogP contribution in [-0.2, 0) is 11.3 Å². The number of rotatable bonds is 5. The lowest BCUT2D eigenvalue weighted by Gasteiger charge is -2.17. The van der Waals surface area contributed by atoms with Gasteiger partial charge < -0.3 is 10.6 Å². The molecule has 0 aliphatic heterocycles. The van der Waals surface area contributed by atoms with Gasteiger partial charge in [0.2, 0.25) is 5.91 Å². The average Bonchev–Trinajstić information content (AvgIpc) is 2.98. The summed E-state index contributed by atoms with van der Waals surface area (Å²) in [6.07, 6.45) is 4.78. The van der Waals surface area contributed by atoms with Crippen molar-refractivity contribution < 1.29 is 4.79 Å². The summed E-state index contributed by atoms with van der Waals surface area (Å²) in [5.74, 6) is 0.135. The Bertz CT molecular complexity index is 396. The molecule has 1 saturated carbocycles. The van der Waals surface area contributed by atoms with Crippen molar-refractivity contribution in [2.24, 2.45) is 0 Å². The summed E-state index contributed by atoms with van der Waals surface area (Å²) < 4.78 is 0. The number of amides is 1. The maximum absolute atomic E-state index is 12.0. The molecule has 0 spiro atoms. The molecule has 18 heavy (non-hydrogen) atoms. The molecule has 1 aromatic rings. The molecule has 0 radical (unpaired) electrons. The van der Waals surface area contributed by atoms with E-state index in [1.165, 1.54) is 23.3 Å². The van der Waals surface area contributed by atoms with E-state index in [-0.39, 0.29) is 11.9 Å². The lowest BCUT2D eigenvalue weighted by molar-refractivity contribution is -0.123. The predicted octanol–water partition coefficient (Wildman–Crippen LogP) is 2.59. The van der Waals surface area contributed by atoms with Crippen LogP contribution in [0.15, 0.2) is 11.4 Å². The fourth-order valence-corrected chi connectivity index (χ4v) is 3.18. The summed E-state index contributed by atoms with van der Waals surface area (Å²) in [6, 6.07) is 2.41. The van der Waals surface area contributed by atoms with E-state index >= 15 is 0 Å². The van der Waals surface area contributed by atoms with Crippen LogP contribution < -0.4 is 10.6 Å². The third kappa shape index (κ3) is 3.56. The van der Waals surface area contributed by atoms with E-state index in [2.05, 4.69) is 29.0 Å². The largest absolute Gasteiger partial charge is 0.352 e. The number of carbonyl (C=O) groups excluding carboxylic acids is 1. The first kappa shape index (κ1) is 13.6. The molecule has 1 aromatic heterocycles. The molecule has 1 heterocycles. The maximum Gasteiger partial charge on any atom is 0.237 e. The predicted molar refractivity (Wildman–Crippen MR) is 75.8 cm³/mol. The Balaban J connectivity index is 1.75. The zero-order valence-corrected chi connectivity index (χ0v) is 12.0. The SMILES string of the molecule is Cc1ccsc1CNC(C)C(=O)NC1CCCC1. The van der Waals surface area contributed by atoms with E-state index < -0.39 is 0 Å². The molecule has 4 heteroatoms. The Hall–Kier alpha value is -0.870. The van der Waals surface area contributed by atoms with E-state index in [0.29, 0.717) is 6.04 Å². The molecule has 1 unspecified atom stereocenters. The molecule has 3 nitrogen and oxygen atoms in total. The number of carbonyl (C=O) groups is 1. The number of nitrogens with one attached hydrogen (secondary N) is 2. The topological polar surface area (TPSA) is 41.1 Å². The minimum absolute atomic E-state index is 0.118. The lowest BCUT2D eigenvalue weighted by Crippen LogP contribution is -2.45. The van der Waals surface area contributed by atoms with Gasteiger partial charge in [-0.25, -0.2) is 0 Å². The molecule has 0 saturated heterocycles. The highest BCUT2D eigenvalue weighted by Crippen LogP contribution is 2.18. The highest BCUT2D eigenvalue weighted by Gasteiger charge is 2.20. The zero-order chi connectivity index (χ0) is 13.0. The van der Waals surface area contributed by atoms with Crippen LogP contribution in [0.3, 0.4) is 0 Å². The molecular weight excluding hydrogens is 244 g/mol. The van der Waals surface area contributed by atoms with Gasteiger partial charge in [-0.15, -0.1) is 11.3 Å². The minimum atomic E-state index is -0.118. The van der Waals surface area contributed by atoms with Gasteiger partial charge in [0, 0.05) is 17.5 Å². The first-order valence-corrected chi connectivity index (χ1v) is 7.61. The van der Waals surface area contributed by atoms with Crippen molar-refractivity contribution in [2.45, 2.75) is 58.2 Å². The van der Waals surface area contributed by atoms with Gasteiger partial charge in [-0.2, -0.15) is 0 Å². The van der Waals surface area contributed by atoms with Gasteiger partial charge in [-0.3, -0.25) is 4.79 Å². The van der Waals surface area contributed by atoms with Gasteiger partial charge in [-0.05, 0) is 43.7 Å². The molecule has 1 aliphatic carbocycles. The molecular formula is C14H22N2OS. The van der Waals surface area contributed by atoms with Crippen LogP contribution in [0.25, 0.3) is 0 Å². The smallest absolute Gasteiger partial charge is 0.237 e. The third-order valence-corrected chi connectivity index (χ3v) is 4.65. The quantitative estimate of drug-likeness (QED) is 0.860. The van der Waals surface area contributed by atoms with Crippen molar-refractivity contribution in [2.75, 3.05) is 0 Å². The van der Waals surface area contributed by atoms with E-state index in [0.717, 1.165) is 19.4 Å². The Labute approximate surface area is 113 Å². The highest BCUT2D eigenvalue weighted by molar-refractivity contribution is 7.10. The highest BCUT2D eigenvalue weighted by atomic mass is 32.1. The number of hydrogen-bond acceptors (Lipinski definition) is 3. The first-order chi connectivity index (χ1) is 8.66. The Kier molecular flexibility index (Phi) is 4.78. The summed E-state index contributed by atoms with van der Waals surface area (Å²) in [6.45, 7) is 4.83. The first-order valence-electron chi connectivity index (χ1n) is 6.73. The summed E-state index contributed by atoms with van der Waals surface area (Å²) >= 11 is 1.74. The molecule has 2 rings (SSSR count). The van der Waals surface area contributed by atoms with Crippen molar-refractivity contribution in [3.05, 3.63) is 21.9 Å². The van der Waals surface area contributed by atoms with Crippen LogP contribution in [-0.4, -0.2) is 18.0 Å². The second kappa shape index (κ2) is 6.34. The molecule has 0 bridgehead atoms. The fourth-order valence-electron chi connectivity index (χ4n) is 2.32. The number of hydrogen-bond donors (Lipinski definition) is 2. The van der Waals surface area contributed by atoms with Crippen molar-refractivity contribution >= 4 is 17.2 Å². The van der Waals surface area contributed by atoms with Gasteiger partial charge in [0.15, 0.2) is 0 Å². The molecule has 1 atom stereocenters. The Morgan fingerprint density at radius 1 is 1.50 bits per heavy atom. The van der Waals surface area contributed by atoms with E-state index in [1.807, 2.05) is 6.92 Å². The molecule has 1 amide bonds. The molecule has 1 fully saturated rings. The van der Waals surface area contributed by atoms with Gasteiger partial charge >= 0.3 is 0 Å². The van der Waals surface area contributed by atoms with Gasteiger partial charge in [0.25, 0.3) is 0 Å². The van der Waals surface area contributed by atoms with Crippen molar-refractivity contribution in [1.29, 1.82) is 0 Å². The third-order valence-electron chi connectivity index (χ3n) is 3.63. The van der Waals surface area contributed by atoms with Crippen molar-refractivity contribution in [3.63, 3.8) is 0 Å². The second-order valence-electron chi connectivity index (χ2n) is 5.12. The molecule has 1 aliphatic rings. The van der Waals surface area contributed by atoms with Gasteiger partial charge in [-0.1, -0.05) is 12.8 Å². The standard InChI is InChI=1S/C14H22N2OS/c1-10-7-8-18-13(10)9-15-11(2)14(17)16-12-5-3-4-6-12/h7-8,11-12,15H,3-6,9H2,1-2H3,(H,16,17). The van der Waals surface area contributed by atoms with Crippen LogP contribution in [0.5, 0.6) is 0 Å². The van der Waals surface area contributed by atoms with Crippen molar-refractivity contribution in [1.82, 2.24) is 10.6 Å². The van der Waals surface area contributed by atoms with E-state index in [1.54, 1.807) is 11.3 Å². The molecule has 2 N–H and O–H groups in total. The minimum Gasteiger partial charge on any atom is -0.352 e. The normalized spacial score (nSPS) is 17.9.